The minimum absolute atomic E-state index is 0.592. The van der Waals surface area contributed by atoms with Crippen molar-refractivity contribution in [3.63, 3.8) is 0 Å². The third kappa shape index (κ3) is 4.49. The summed E-state index contributed by atoms with van der Waals surface area (Å²) in [5, 5.41) is 6.78. The number of oxazole rings is 1. The second-order valence-electron chi connectivity index (χ2n) is 12.4. The van der Waals surface area contributed by atoms with Crippen molar-refractivity contribution in [2.24, 2.45) is 0 Å². The van der Waals surface area contributed by atoms with Gasteiger partial charge in [0.25, 0.3) is 0 Å². The molecule has 4 nitrogen and oxygen atoms in total. The van der Waals surface area contributed by atoms with Crippen LogP contribution in [0.4, 0.5) is 17.1 Å². The van der Waals surface area contributed by atoms with E-state index in [1.54, 1.807) is 0 Å². The Balaban J connectivity index is 1.27. The van der Waals surface area contributed by atoms with Crippen LogP contribution in [0.3, 0.4) is 0 Å². The fraction of sp³-hybridized carbons (Fsp3) is 0. The maximum absolute atomic E-state index is 6.58. The first-order valence-electron chi connectivity index (χ1n) is 16.5. The molecule has 0 fully saturated rings. The van der Waals surface area contributed by atoms with Crippen LogP contribution in [0.15, 0.2) is 179 Å². The van der Waals surface area contributed by atoms with Gasteiger partial charge in [-0.25, -0.2) is 4.98 Å². The molecule has 0 spiro atoms. The van der Waals surface area contributed by atoms with Gasteiger partial charge in [-0.15, -0.1) is 0 Å². The zero-order valence-corrected chi connectivity index (χ0v) is 26.4. The van der Waals surface area contributed by atoms with Gasteiger partial charge in [-0.3, -0.25) is 0 Å². The molecule has 10 rings (SSSR count). The lowest BCUT2D eigenvalue weighted by molar-refractivity contribution is 0.620. The van der Waals surface area contributed by atoms with E-state index in [4.69, 9.17) is 13.8 Å². The quantitative estimate of drug-likeness (QED) is 0.178. The Bertz CT molecular complexity index is 2830. The third-order valence-electron chi connectivity index (χ3n) is 9.44. The van der Waals surface area contributed by atoms with Gasteiger partial charge in [0.2, 0.25) is 5.89 Å². The molecule has 10 aromatic rings. The number of furan rings is 1. The molecule has 0 unspecified atom stereocenters. The molecule has 0 aliphatic heterocycles. The van der Waals surface area contributed by atoms with E-state index in [9.17, 15) is 0 Å². The van der Waals surface area contributed by atoms with E-state index in [1.165, 1.54) is 27.1 Å². The summed E-state index contributed by atoms with van der Waals surface area (Å²) in [7, 11) is 0. The van der Waals surface area contributed by atoms with Crippen molar-refractivity contribution >= 4 is 71.6 Å². The number of hydrogen-bond acceptors (Lipinski definition) is 4. The fourth-order valence-corrected chi connectivity index (χ4v) is 7.20. The summed E-state index contributed by atoms with van der Waals surface area (Å²) in [6.07, 6.45) is 0. The molecule has 0 aliphatic carbocycles. The highest BCUT2D eigenvalue weighted by atomic mass is 16.4. The molecule has 0 saturated carbocycles. The highest BCUT2D eigenvalue weighted by molar-refractivity contribution is 6.19. The van der Waals surface area contributed by atoms with Gasteiger partial charge in [0.15, 0.2) is 5.58 Å². The Labute approximate surface area is 282 Å². The topological polar surface area (TPSA) is 42.4 Å². The summed E-state index contributed by atoms with van der Waals surface area (Å²) in [5.74, 6) is 0.592. The molecule has 0 amide bonds. The number of rotatable bonds is 5. The van der Waals surface area contributed by atoms with E-state index < -0.39 is 0 Å². The predicted molar refractivity (Wildman–Crippen MR) is 202 cm³/mol. The molecule has 230 valence electrons. The molecule has 8 aromatic carbocycles. The summed E-state index contributed by atoms with van der Waals surface area (Å²) >= 11 is 0. The highest BCUT2D eigenvalue weighted by Gasteiger charge is 2.23. The van der Waals surface area contributed by atoms with E-state index in [-0.39, 0.29) is 0 Å². The lowest BCUT2D eigenvalue weighted by Crippen LogP contribution is -2.11. The molecular weight excluding hydrogens is 601 g/mol. The number of hydrogen-bond donors (Lipinski definition) is 0. The van der Waals surface area contributed by atoms with Gasteiger partial charge in [0.05, 0.1) is 16.8 Å². The Morgan fingerprint density at radius 1 is 0.408 bits per heavy atom. The minimum atomic E-state index is 0.592. The van der Waals surface area contributed by atoms with Gasteiger partial charge < -0.3 is 13.7 Å². The first kappa shape index (κ1) is 27.5. The van der Waals surface area contributed by atoms with Crippen LogP contribution in [0, 0.1) is 0 Å². The molecule has 0 radical (unpaired) electrons. The maximum Gasteiger partial charge on any atom is 0.227 e. The van der Waals surface area contributed by atoms with Crippen LogP contribution in [0.1, 0.15) is 0 Å². The maximum atomic E-state index is 6.58. The van der Waals surface area contributed by atoms with Gasteiger partial charge in [-0.2, -0.15) is 0 Å². The van der Waals surface area contributed by atoms with E-state index in [1.807, 2.05) is 42.5 Å². The summed E-state index contributed by atoms with van der Waals surface area (Å²) in [4.78, 5) is 7.21. The SMILES string of the molecule is c1ccc(-c2cccc(N(c3cc4ccccc4c4ccccc34)c3cccc4oc5cc6nc(-c7ccccc7)oc6cc5c34)c2)cc1. The average Bonchev–Trinajstić information content (AvgIpc) is 3.76. The first-order valence-corrected chi connectivity index (χ1v) is 16.5. The molecule has 49 heavy (non-hydrogen) atoms. The lowest BCUT2D eigenvalue weighted by Gasteiger charge is -2.28. The van der Waals surface area contributed by atoms with Crippen LogP contribution in [0.5, 0.6) is 0 Å². The van der Waals surface area contributed by atoms with Crippen LogP contribution in [-0.2, 0) is 0 Å². The smallest absolute Gasteiger partial charge is 0.227 e. The fourth-order valence-electron chi connectivity index (χ4n) is 7.20. The normalized spacial score (nSPS) is 11.7. The van der Waals surface area contributed by atoms with Gasteiger partial charge >= 0.3 is 0 Å². The summed E-state index contributed by atoms with van der Waals surface area (Å²) < 4.78 is 12.9. The largest absolute Gasteiger partial charge is 0.456 e. The van der Waals surface area contributed by atoms with Crippen LogP contribution in [0.2, 0.25) is 0 Å². The van der Waals surface area contributed by atoms with Crippen LogP contribution >= 0.6 is 0 Å². The lowest BCUT2D eigenvalue weighted by atomic mass is 9.98. The van der Waals surface area contributed by atoms with Gasteiger partial charge in [0.1, 0.15) is 16.7 Å². The molecule has 4 heteroatoms. The number of fused-ring (bicyclic) bond motifs is 7. The average molecular weight is 629 g/mol. The first-order chi connectivity index (χ1) is 24.3. The highest BCUT2D eigenvalue weighted by Crippen LogP contribution is 2.47. The molecule has 0 atom stereocenters. The predicted octanol–water partition coefficient (Wildman–Crippen LogP) is 12.8. The van der Waals surface area contributed by atoms with Gasteiger partial charge in [-0.1, -0.05) is 115 Å². The number of benzene rings is 8. The van der Waals surface area contributed by atoms with Crippen molar-refractivity contribution < 1.29 is 8.83 Å². The third-order valence-corrected chi connectivity index (χ3v) is 9.44. The number of nitrogens with zero attached hydrogens (tertiary/aromatic N) is 2. The van der Waals surface area contributed by atoms with Crippen molar-refractivity contribution in [1.29, 1.82) is 0 Å². The van der Waals surface area contributed by atoms with E-state index in [0.29, 0.717) is 5.89 Å². The van der Waals surface area contributed by atoms with Gasteiger partial charge in [-0.05, 0) is 75.8 Å². The zero-order chi connectivity index (χ0) is 32.3. The Morgan fingerprint density at radius 3 is 1.94 bits per heavy atom. The van der Waals surface area contributed by atoms with Crippen LogP contribution < -0.4 is 4.90 Å². The van der Waals surface area contributed by atoms with E-state index >= 15 is 0 Å². The van der Waals surface area contributed by atoms with Gasteiger partial charge in [0, 0.05) is 28.1 Å². The molecule has 0 N–H and O–H groups in total. The Hall–Kier alpha value is -6.65. The van der Waals surface area contributed by atoms with E-state index in [2.05, 4.69) is 132 Å². The van der Waals surface area contributed by atoms with Crippen LogP contribution in [-0.4, -0.2) is 4.98 Å². The summed E-state index contributed by atoms with van der Waals surface area (Å²) in [5.41, 5.74) is 9.47. The second kappa shape index (κ2) is 11.0. The zero-order valence-electron chi connectivity index (χ0n) is 26.4. The minimum Gasteiger partial charge on any atom is -0.456 e. The van der Waals surface area contributed by atoms with Crippen molar-refractivity contribution in [1.82, 2.24) is 4.98 Å². The monoisotopic (exact) mass is 628 g/mol. The Kier molecular flexibility index (Phi) is 6.15. The van der Waals surface area contributed by atoms with Crippen molar-refractivity contribution in [3.8, 4) is 22.6 Å². The molecule has 0 bridgehead atoms. The Morgan fingerprint density at radius 2 is 1.10 bits per heavy atom. The second-order valence-corrected chi connectivity index (χ2v) is 12.4. The van der Waals surface area contributed by atoms with E-state index in [0.717, 1.165) is 61.2 Å². The molecule has 2 aromatic heterocycles. The summed E-state index contributed by atoms with van der Waals surface area (Å²) in [6.45, 7) is 0. The molecular formula is C45H28N2O2. The molecule has 0 saturated heterocycles. The standard InChI is InChI=1S/C45H28N2O2/c1-3-13-29(14-4-1)31-18-11-19-33(25-31)47(40-26-32-17-7-8-20-34(32)35-21-9-10-22-36(35)40)39-23-12-24-41-44(39)37-27-43-38(28-42(37)48-41)46-45(49-43)30-15-5-2-6-16-30/h1-28H. The number of aromatic nitrogens is 1. The molecule has 2 heterocycles. The summed E-state index contributed by atoms with van der Waals surface area (Å²) in [6, 6.07) is 59.4. The van der Waals surface area contributed by atoms with Crippen LogP contribution in [0.25, 0.3) is 77.2 Å². The molecule has 0 aliphatic rings. The van der Waals surface area contributed by atoms with Crippen molar-refractivity contribution in [3.05, 3.63) is 170 Å². The van der Waals surface area contributed by atoms with Crippen molar-refractivity contribution in [2.45, 2.75) is 0 Å². The van der Waals surface area contributed by atoms with Crippen molar-refractivity contribution in [2.75, 3.05) is 4.90 Å². The number of anilines is 3.